The third-order valence-electron chi connectivity index (χ3n) is 5.75. The van der Waals surface area contributed by atoms with Gasteiger partial charge >= 0.3 is 0 Å². The minimum Gasteiger partial charge on any atom is -0.368 e. The number of hydrogen-bond acceptors (Lipinski definition) is 4. The number of carbonyl (C=O) groups excluding carboxylic acids is 1. The molecule has 2 aromatic rings. The van der Waals surface area contributed by atoms with Crippen LogP contribution in [-0.4, -0.2) is 43.5 Å². The van der Waals surface area contributed by atoms with E-state index in [2.05, 4.69) is 59.9 Å². The maximum Gasteiger partial charge on any atom is 0.229 e. The first-order chi connectivity index (χ1) is 13.1. The first-order valence-electron chi connectivity index (χ1n) is 9.78. The summed E-state index contributed by atoms with van der Waals surface area (Å²) in [5.41, 5.74) is 11.5. The van der Waals surface area contributed by atoms with E-state index in [9.17, 15) is 4.79 Å². The lowest BCUT2D eigenvalue weighted by Gasteiger charge is -2.38. The predicted molar refractivity (Wildman–Crippen MR) is 109 cm³/mol. The summed E-state index contributed by atoms with van der Waals surface area (Å²) in [7, 11) is 0. The lowest BCUT2D eigenvalue weighted by atomic mass is 9.93. The average Bonchev–Trinajstić information content (AvgIpc) is 3.20. The molecule has 2 aliphatic rings. The van der Waals surface area contributed by atoms with Crippen LogP contribution in [0.15, 0.2) is 48.5 Å². The van der Waals surface area contributed by atoms with Crippen molar-refractivity contribution in [1.82, 2.24) is 15.8 Å². The second kappa shape index (κ2) is 7.71. The lowest BCUT2D eigenvalue weighted by molar-refractivity contribution is -0.135. The smallest absolute Gasteiger partial charge is 0.229 e. The lowest BCUT2D eigenvalue weighted by Crippen LogP contribution is -2.51. The molecule has 1 amide bonds. The van der Waals surface area contributed by atoms with Crippen LogP contribution in [0.1, 0.15) is 22.7 Å². The number of benzene rings is 2. The zero-order valence-corrected chi connectivity index (χ0v) is 16.1. The minimum atomic E-state index is -0.0559. The van der Waals surface area contributed by atoms with Gasteiger partial charge in [0.2, 0.25) is 5.91 Å². The Hall–Kier alpha value is -2.37. The van der Waals surface area contributed by atoms with E-state index in [4.69, 9.17) is 0 Å². The van der Waals surface area contributed by atoms with Crippen LogP contribution in [0.25, 0.3) is 0 Å². The second-order valence-corrected chi connectivity index (χ2v) is 7.62. The monoisotopic (exact) mass is 364 g/mol. The Morgan fingerprint density at radius 3 is 2.48 bits per heavy atom. The Balaban J connectivity index is 1.42. The number of anilines is 1. The van der Waals surface area contributed by atoms with Gasteiger partial charge in [0.1, 0.15) is 0 Å². The molecule has 0 spiro atoms. The fourth-order valence-corrected chi connectivity index (χ4v) is 4.17. The van der Waals surface area contributed by atoms with E-state index in [1.54, 1.807) is 0 Å². The van der Waals surface area contributed by atoms with Crippen molar-refractivity contribution in [2.24, 2.45) is 5.92 Å². The molecule has 5 heteroatoms. The normalized spacial score (nSPS) is 22.9. The van der Waals surface area contributed by atoms with Crippen molar-refractivity contribution in [3.05, 3.63) is 65.2 Å². The average molecular weight is 364 g/mol. The van der Waals surface area contributed by atoms with E-state index in [0.29, 0.717) is 6.54 Å². The largest absolute Gasteiger partial charge is 0.368 e. The second-order valence-electron chi connectivity index (χ2n) is 7.62. The van der Waals surface area contributed by atoms with E-state index in [1.165, 1.54) is 16.8 Å². The van der Waals surface area contributed by atoms with Crippen molar-refractivity contribution in [2.75, 3.05) is 37.6 Å². The highest BCUT2D eigenvalue weighted by Gasteiger charge is 2.37. The van der Waals surface area contributed by atoms with Gasteiger partial charge in [0.25, 0.3) is 0 Å². The van der Waals surface area contributed by atoms with Gasteiger partial charge in [-0.1, -0.05) is 42.5 Å². The van der Waals surface area contributed by atoms with Gasteiger partial charge in [-0.3, -0.25) is 10.2 Å². The summed E-state index contributed by atoms with van der Waals surface area (Å²) in [6, 6.07) is 16.9. The summed E-state index contributed by atoms with van der Waals surface area (Å²) in [6.45, 7) is 8.31. The molecular formula is C22H28N4O. The van der Waals surface area contributed by atoms with Crippen LogP contribution >= 0.6 is 0 Å². The van der Waals surface area contributed by atoms with Crippen molar-refractivity contribution in [2.45, 2.75) is 19.9 Å². The molecule has 2 atom stereocenters. The third kappa shape index (κ3) is 3.70. The maximum atomic E-state index is 13.2. The van der Waals surface area contributed by atoms with Crippen LogP contribution in [0.5, 0.6) is 0 Å². The van der Waals surface area contributed by atoms with E-state index in [-0.39, 0.29) is 17.9 Å². The topological polar surface area (TPSA) is 47.6 Å². The molecule has 0 aliphatic carbocycles. The molecule has 2 aromatic carbocycles. The number of rotatable bonds is 3. The number of piperazine rings is 1. The van der Waals surface area contributed by atoms with Crippen molar-refractivity contribution in [3.8, 4) is 0 Å². The molecule has 2 aliphatic heterocycles. The molecule has 4 rings (SSSR count). The molecule has 0 saturated carbocycles. The molecular weight excluding hydrogens is 336 g/mol. The van der Waals surface area contributed by atoms with Crippen LogP contribution in [0.4, 0.5) is 5.69 Å². The SMILES string of the molecule is Cc1ccc(C)c(N2CCN(C(=O)C3CNNC3c3ccccc3)CC2)c1. The van der Waals surface area contributed by atoms with Gasteiger partial charge in [-0.2, -0.15) is 0 Å². The Bertz CT molecular complexity index is 799. The number of hydrogen-bond donors (Lipinski definition) is 2. The van der Waals surface area contributed by atoms with Crippen LogP contribution in [-0.2, 0) is 4.79 Å². The fourth-order valence-electron chi connectivity index (χ4n) is 4.17. The fraction of sp³-hybridized carbons (Fsp3) is 0.409. The van der Waals surface area contributed by atoms with Crippen molar-refractivity contribution in [3.63, 3.8) is 0 Å². The highest BCUT2D eigenvalue weighted by Crippen LogP contribution is 2.28. The number of nitrogens with zero attached hydrogens (tertiary/aromatic N) is 2. The third-order valence-corrected chi connectivity index (χ3v) is 5.75. The summed E-state index contributed by atoms with van der Waals surface area (Å²) >= 11 is 0. The van der Waals surface area contributed by atoms with E-state index >= 15 is 0 Å². The van der Waals surface area contributed by atoms with E-state index in [0.717, 1.165) is 31.7 Å². The Morgan fingerprint density at radius 2 is 1.74 bits per heavy atom. The number of amides is 1. The van der Waals surface area contributed by atoms with Gasteiger partial charge in [0.15, 0.2) is 0 Å². The predicted octanol–water partition coefficient (Wildman–Crippen LogP) is 2.42. The molecule has 0 radical (unpaired) electrons. The van der Waals surface area contributed by atoms with Gasteiger partial charge in [0.05, 0.1) is 12.0 Å². The van der Waals surface area contributed by atoms with Gasteiger partial charge in [-0.05, 0) is 36.6 Å². The molecule has 2 heterocycles. The number of hydrazine groups is 1. The quantitative estimate of drug-likeness (QED) is 0.878. The molecule has 2 fully saturated rings. The number of aryl methyl sites for hydroxylation is 2. The first-order valence-corrected chi connectivity index (χ1v) is 9.78. The summed E-state index contributed by atoms with van der Waals surface area (Å²) < 4.78 is 0. The molecule has 0 aromatic heterocycles. The molecule has 27 heavy (non-hydrogen) atoms. The standard InChI is InChI=1S/C22H28N4O/c1-16-8-9-17(2)20(14-16)25-10-12-26(13-11-25)22(27)19-15-23-24-21(19)18-6-4-3-5-7-18/h3-9,14,19,21,23-24H,10-13,15H2,1-2H3. The van der Waals surface area contributed by atoms with E-state index in [1.807, 2.05) is 23.1 Å². The zero-order chi connectivity index (χ0) is 18.8. The molecule has 2 N–H and O–H groups in total. The molecule has 2 unspecified atom stereocenters. The van der Waals surface area contributed by atoms with Crippen LogP contribution < -0.4 is 15.8 Å². The Labute approximate surface area is 161 Å². The van der Waals surface area contributed by atoms with Gasteiger partial charge < -0.3 is 9.80 Å². The molecule has 2 saturated heterocycles. The van der Waals surface area contributed by atoms with Gasteiger partial charge in [-0.25, -0.2) is 5.43 Å². The maximum absolute atomic E-state index is 13.2. The summed E-state index contributed by atoms with van der Waals surface area (Å²) in [5.74, 6) is 0.196. The molecule has 0 bridgehead atoms. The molecule has 142 valence electrons. The number of nitrogens with one attached hydrogen (secondary N) is 2. The summed E-state index contributed by atoms with van der Waals surface area (Å²) in [4.78, 5) is 17.6. The minimum absolute atomic E-state index is 0.0377. The van der Waals surface area contributed by atoms with Crippen LogP contribution in [0.2, 0.25) is 0 Å². The van der Waals surface area contributed by atoms with Crippen molar-refractivity contribution < 1.29 is 4.79 Å². The van der Waals surface area contributed by atoms with Crippen LogP contribution in [0.3, 0.4) is 0 Å². The summed E-state index contributed by atoms with van der Waals surface area (Å²) in [5, 5.41) is 0. The highest BCUT2D eigenvalue weighted by molar-refractivity contribution is 5.81. The van der Waals surface area contributed by atoms with E-state index < -0.39 is 0 Å². The number of carbonyl (C=O) groups is 1. The van der Waals surface area contributed by atoms with Crippen molar-refractivity contribution in [1.29, 1.82) is 0 Å². The van der Waals surface area contributed by atoms with Crippen LogP contribution in [0, 0.1) is 19.8 Å². The zero-order valence-electron chi connectivity index (χ0n) is 16.1. The summed E-state index contributed by atoms with van der Waals surface area (Å²) in [6.07, 6.45) is 0. The first kappa shape index (κ1) is 18.0. The van der Waals surface area contributed by atoms with Gasteiger partial charge in [-0.15, -0.1) is 0 Å². The van der Waals surface area contributed by atoms with Crippen molar-refractivity contribution >= 4 is 11.6 Å². The Kier molecular flexibility index (Phi) is 5.14. The van der Waals surface area contributed by atoms with Gasteiger partial charge in [0, 0.05) is 38.4 Å². The highest BCUT2D eigenvalue weighted by atomic mass is 16.2. The molecule has 5 nitrogen and oxygen atoms in total. The Morgan fingerprint density at radius 1 is 1.00 bits per heavy atom.